The van der Waals surface area contributed by atoms with Gasteiger partial charge in [-0.3, -0.25) is 9.59 Å². The van der Waals surface area contributed by atoms with Crippen LogP contribution < -0.4 is 4.72 Å². The molecule has 0 aliphatic rings. The molecule has 0 fully saturated rings. The summed E-state index contributed by atoms with van der Waals surface area (Å²) in [5.41, 5.74) is 0. The first-order valence-corrected chi connectivity index (χ1v) is 7.29. The lowest BCUT2D eigenvalue weighted by Crippen LogP contribution is -2.48. The van der Waals surface area contributed by atoms with E-state index >= 15 is 0 Å². The highest BCUT2D eigenvalue weighted by molar-refractivity contribution is 7.87. The van der Waals surface area contributed by atoms with Gasteiger partial charge in [0.2, 0.25) is 0 Å². The standard InChI is InChI=1S/C10H20N2O6S/c1-4-12(5-2)19(16,17)11-8(10(14)15)6-7-9(13)18-3/h8,11H,4-7H2,1-3H3,(H,14,15)/t8-/m0/s1. The van der Waals surface area contributed by atoms with Crippen LogP contribution in [0.2, 0.25) is 0 Å². The molecule has 0 saturated carbocycles. The van der Waals surface area contributed by atoms with Gasteiger partial charge in [0.25, 0.3) is 10.2 Å². The van der Waals surface area contributed by atoms with E-state index in [0.717, 1.165) is 4.31 Å². The molecule has 0 bridgehead atoms. The maximum atomic E-state index is 11.9. The summed E-state index contributed by atoms with van der Waals surface area (Å²) in [7, 11) is -2.69. The van der Waals surface area contributed by atoms with Gasteiger partial charge in [0.1, 0.15) is 6.04 Å². The van der Waals surface area contributed by atoms with Gasteiger partial charge in [-0.2, -0.15) is 17.4 Å². The summed E-state index contributed by atoms with van der Waals surface area (Å²) in [4.78, 5) is 21.9. The van der Waals surface area contributed by atoms with Crippen molar-refractivity contribution in [1.29, 1.82) is 0 Å². The highest BCUT2D eigenvalue weighted by Crippen LogP contribution is 2.04. The average Bonchev–Trinajstić information content (AvgIpc) is 2.34. The van der Waals surface area contributed by atoms with Crippen molar-refractivity contribution in [3.8, 4) is 0 Å². The van der Waals surface area contributed by atoms with Crippen molar-refractivity contribution in [3.63, 3.8) is 0 Å². The lowest BCUT2D eigenvalue weighted by Gasteiger charge is -2.21. The molecule has 19 heavy (non-hydrogen) atoms. The van der Waals surface area contributed by atoms with E-state index in [1.54, 1.807) is 13.8 Å². The molecule has 0 aliphatic carbocycles. The number of methoxy groups -OCH3 is 1. The number of nitrogens with one attached hydrogen (secondary N) is 1. The fourth-order valence-electron chi connectivity index (χ4n) is 1.41. The number of esters is 1. The first-order chi connectivity index (χ1) is 8.78. The Morgan fingerprint density at radius 3 is 2.21 bits per heavy atom. The van der Waals surface area contributed by atoms with Crippen LogP contribution >= 0.6 is 0 Å². The minimum atomic E-state index is -3.87. The van der Waals surface area contributed by atoms with Crippen LogP contribution in [0.5, 0.6) is 0 Å². The van der Waals surface area contributed by atoms with Crippen LogP contribution in [0.1, 0.15) is 26.7 Å². The lowest BCUT2D eigenvalue weighted by molar-refractivity contribution is -0.142. The van der Waals surface area contributed by atoms with Crippen LogP contribution in [0, 0.1) is 0 Å². The molecule has 0 saturated heterocycles. The zero-order chi connectivity index (χ0) is 15.1. The number of hydrogen-bond donors (Lipinski definition) is 2. The molecule has 8 nitrogen and oxygen atoms in total. The van der Waals surface area contributed by atoms with Gasteiger partial charge in [0.05, 0.1) is 7.11 Å². The van der Waals surface area contributed by atoms with E-state index < -0.39 is 28.2 Å². The summed E-state index contributed by atoms with van der Waals surface area (Å²) in [5.74, 6) is -1.92. The zero-order valence-electron chi connectivity index (χ0n) is 11.2. The Hall–Kier alpha value is -1.19. The number of carboxylic acid groups (broad SMARTS) is 1. The molecule has 0 aliphatic heterocycles. The number of ether oxygens (including phenoxy) is 1. The summed E-state index contributed by atoms with van der Waals surface area (Å²) in [5, 5.41) is 8.95. The summed E-state index contributed by atoms with van der Waals surface area (Å²) < 4.78 is 31.3. The highest BCUT2D eigenvalue weighted by atomic mass is 32.2. The summed E-state index contributed by atoms with van der Waals surface area (Å²) in [6, 6.07) is -1.36. The minimum absolute atomic E-state index is 0.164. The number of carboxylic acids is 1. The van der Waals surface area contributed by atoms with Crippen LogP contribution in [-0.2, 0) is 24.5 Å². The molecule has 0 spiro atoms. The average molecular weight is 296 g/mol. The Morgan fingerprint density at radius 1 is 1.32 bits per heavy atom. The van der Waals surface area contributed by atoms with E-state index in [1.165, 1.54) is 7.11 Å². The van der Waals surface area contributed by atoms with Crippen LogP contribution in [-0.4, -0.2) is 56.0 Å². The molecule has 2 N–H and O–H groups in total. The molecule has 9 heteroatoms. The maximum Gasteiger partial charge on any atom is 0.321 e. The second kappa shape index (κ2) is 8.08. The number of carbonyl (C=O) groups excluding carboxylic acids is 1. The predicted octanol–water partition coefficient (Wildman–Crippen LogP) is -0.431. The lowest BCUT2D eigenvalue weighted by atomic mass is 10.2. The zero-order valence-corrected chi connectivity index (χ0v) is 12.1. The van der Waals surface area contributed by atoms with Crippen molar-refractivity contribution >= 4 is 22.1 Å². The second-order valence-electron chi connectivity index (χ2n) is 3.71. The van der Waals surface area contributed by atoms with E-state index in [-0.39, 0.29) is 25.9 Å². The summed E-state index contributed by atoms with van der Waals surface area (Å²) >= 11 is 0. The normalized spacial score (nSPS) is 13.3. The van der Waals surface area contributed by atoms with Crippen molar-refractivity contribution in [2.75, 3.05) is 20.2 Å². The van der Waals surface area contributed by atoms with Gasteiger partial charge < -0.3 is 9.84 Å². The Balaban J connectivity index is 4.75. The fourth-order valence-corrected chi connectivity index (χ4v) is 2.82. The minimum Gasteiger partial charge on any atom is -0.480 e. The molecular weight excluding hydrogens is 276 g/mol. The second-order valence-corrected chi connectivity index (χ2v) is 5.42. The third kappa shape index (κ3) is 5.99. The molecule has 0 rings (SSSR count). The van der Waals surface area contributed by atoms with Gasteiger partial charge in [0, 0.05) is 19.5 Å². The van der Waals surface area contributed by atoms with E-state index in [2.05, 4.69) is 9.46 Å². The quantitative estimate of drug-likeness (QED) is 0.558. The number of hydrogen-bond acceptors (Lipinski definition) is 5. The maximum absolute atomic E-state index is 11.9. The molecule has 0 aromatic heterocycles. The molecule has 0 radical (unpaired) electrons. The monoisotopic (exact) mass is 296 g/mol. The molecular formula is C10H20N2O6S. The Labute approximate surface area is 112 Å². The molecule has 1 atom stereocenters. The highest BCUT2D eigenvalue weighted by Gasteiger charge is 2.27. The first kappa shape index (κ1) is 17.8. The van der Waals surface area contributed by atoms with Crippen LogP contribution in [0.3, 0.4) is 0 Å². The van der Waals surface area contributed by atoms with Crippen molar-refractivity contribution in [2.24, 2.45) is 0 Å². The van der Waals surface area contributed by atoms with Crippen molar-refractivity contribution in [2.45, 2.75) is 32.7 Å². The van der Waals surface area contributed by atoms with Crippen molar-refractivity contribution in [1.82, 2.24) is 9.03 Å². The number of carbonyl (C=O) groups is 2. The van der Waals surface area contributed by atoms with Gasteiger partial charge in [-0.1, -0.05) is 13.8 Å². The molecule has 0 unspecified atom stereocenters. The van der Waals surface area contributed by atoms with Gasteiger partial charge in [-0.25, -0.2) is 0 Å². The number of nitrogens with zero attached hydrogens (tertiary/aromatic N) is 1. The first-order valence-electron chi connectivity index (χ1n) is 5.85. The van der Waals surface area contributed by atoms with Crippen LogP contribution in [0.25, 0.3) is 0 Å². The van der Waals surface area contributed by atoms with E-state index in [4.69, 9.17) is 5.11 Å². The van der Waals surface area contributed by atoms with Gasteiger partial charge in [-0.05, 0) is 6.42 Å². The number of rotatable bonds is 9. The van der Waals surface area contributed by atoms with Gasteiger partial charge in [0.15, 0.2) is 0 Å². The molecule has 0 aromatic carbocycles. The third-order valence-electron chi connectivity index (χ3n) is 2.50. The predicted molar refractivity (Wildman–Crippen MR) is 67.7 cm³/mol. The topological polar surface area (TPSA) is 113 Å². The van der Waals surface area contributed by atoms with E-state index in [1.807, 2.05) is 0 Å². The van der Waals surface area contributed by atoms with Crippen LogP contribution in [0.15, 0.2) is 0 Å². The third-order valence-corrected chi connectivity index (χ3v) is 4.28. The van der Waals surface area contributed by atoms with Crippen LogP contribution in [0.4, 0.5) is 0 Å². The summed E-state index contributed by atoms with van der Waals surface area (Å²) in [6.07, 6.45) is -0.337. The molecule has 0 aromatic rings. The van der Waals surface area contributed by atoms with Crippen molar-refractivity contribution < 1.29 is 27.9 Å². The molecule has 0 amide bonds. The van der Waals surface area contributed by atoms with Gasteiger partial charge >= 0.3 is 11.9 Å². The fraction of sp³-hybridized carbons (Fsp3) is 0.800. The van der Waals surface area contributed by atoms with Crippen molar-refractivity contribution in [3.05, 3.63) is 0 Å². The van der Waals surface area contributed by atoms with E-state index in [9.17, 15) is 18.0 Å². The molecule has 112 valence electrons. The smallest absolute Gasteiger partial charge is 0.321 e. The van der Waals surface area contributed by atoms with E-state index in [0.29, 0.717) is 0 Å². The largest absolute Gasteiger partial charge is 0.480 e. The molecule has 0 heterocycles. The Bertz CT molecular complexity index is 404. The number of aliphatic carboxylic acids is 1. The Kier molecular flexibility index (Phi) is 7.57. The summed E-state index contributed by atoms with van der Waals surface area (Å²) in [6.45, 7) is 3.75. The SMILES string of the molecule is CCN(CC)S(=O)(=O)N[C@@H](CCC(=O)OC)C(=O)O. The Morgan fingerprint density at radius 2 is 1.84 bits per heavy atom. The van der Waals surface area contributed by atoms with Gasteiger partial charge in [-0.15, -0.1) is 0 Å².